The van der Waals surface area contributed by atoms with Gasteiger partial charge in [-0.15, -0.1) is 5.73 Å². The number of ketones is 1. The number of benzene rings is 2. The lowest BCUT2D eigenvalue weighted by Crippen LogP contribution is -2.54. The number of likely N-dealkylation sites (tertiary alicyclic amines) is 1. The van der Waals surface area contributed by atoms with Gasteiger partial charge in [0, 0.05) is 6.54 Å². The summed E-state index contributed by atoms with van der Waals surface area (Å²) in [6.07, 6.45) is 3.63. The van der Waals surface area contributed by atoms with Crippen LogP contribution in [0.3, 0.4) is 0 Å². The summed E-state index contributed by atoms with van der Waals surface area (Å²) in [5, 5.41) is 18.1. The molecule has 2 aromatic rings. The van der Waals surface area contributed by atoms with E-state index in [1.165, 1.54) is 11.0 Å². The van der Waals surface area contributed by atoms with Crippen molar-refractivity contribution in [3.05, 3.63) is 84.1 Å². The molecule has 0 spiro atoms. The van der Waals surface area contributed by atoms with Gasteiger partial charge in [0.05, 0.1) is 19.1 Å². The third-order valence-electron chi connectivity index (χ3n) is 8.00. The Kier molecular flexibility index (Phi) is 13.3. The first-order valence-electron chi connectivity index (χ1n) is 15.6. The fourth-order valence-corrected chi connectivity index (χ4v) is 5.42. The second-order valence-electron chi connectivity index (χ2n) is 11.4. The van der Waals surface area contributed by atoms with Gasteiger partial charge in [0.2, 0.25) is 23.5 Å². The maximum absolute atomic E-state index is 14.0. The van der Waals surface area contributed by atoms with Crippen molar-refractivity contribution in [3.63, 3.8) is 0 Å². The predicted octanol–water partition coefficient (Wildman–Crippen LogP) is 2.04. The number of amides is 4. The van der Waals surface area contributed by atoms with E-state index < -0.39 is 53.1 Å². The zero-order valence-electron chi connectivity index (χ0n) is 26.5. The average Bonchev–Trinajstić information content (AvgIpc) is 3.54. The molecule has 4 atom stereocenters. The number of rotatable bonds is 17. The number of Topliss-reactive ketones (excluding diaryl/α,β-unsaturated/α-hetero) is 1. The average molecular weight is 632 g/mol. The first-order valence-corrected chi connectivity index (χ1v) is 15.6. The first-order chi connectivity index (χ1) is 22.0. The lowest BCUT2D eigenvalue weighted by Gasteiger charge is -2.35. The van der Waals surface area contributed by atoms with E-state index in [9.17, 15) is 29.1 Å². The molecule has 246 valence electrons. The number of hydrogen-bond acceptors (Lipinski definition) is 7. The molecule has 0 aliphatic carbocycles. The van der Waals surface area contributed by atoms with Crippen LogP contribution < -0.4 is 26.2 Å². The molecule has 11 heteroatoms. The van der Waals surface area contributed by atoms with Gasteiger partial charge in [-0.25, -0.2) is 0 Å². The molecular weight excluding hydrogens is 588 g/mol. The minimum absolute atomic E-state index is 0.0503. The molecule has 0 radical (unpaired) electrons. The first kappa shape index (κ1) is 35.7. The third-order valence-corrected chi connectivity index (χ3v) is 8.00. The minimum Gasteiger partial charge on any atom is -0.846 e. The Morgan fingerprint density at radius 1 is 1.13 bits per heavy atom. The molecule has 1 unspecified atom stereocenters. The van der Waals surface area contributed by atoms with Gasteiger partial charge in [-0.2, -0.15) is 0 Å². The van der Waals surface area contributed by atoms with E-state index in [1.807, 2.05) is 6.92 Å². The number of nitrogens with one attached hydrogen (secondary N) is 2. The molecule has 4 N–H and O–H groups in total. The van der Waals surface area contributed by atoms with Crippen molar-refractivity contribution in [2.75, 3.05) is 13.2 Å². The minimum atomic E-state index is -1.31. The van der Waals surface area contributed by atoms with E-state index in [1.54, 1.807) is 61.5 Å². The highest BCUT2D eigenvalue weighted by atomic mass is 16.5. The Labute approximate surface area is 269 Å². The van der Waals surface area contributed by atoms with Crippen LogP contribution in [-0.2, 0) is 30.4 Å². The zero-order valence-corrected chi connectivity index (χ0v) is 26.5. The molecule has 3 rings (SSSR count). The van der Waals surface area contributed by atoms with Crippen molar-refractivity contribution in [1.29, 1.82) is 0 Å². The highest BCUT2D eigenvalue weighted by Crippen LogP contribution is 2.25. The Hall–Kier alpha value is -4.73. The third kappa shape index (κ3) is 9.89. The number of nitrogens with two attached hydrogens (primary N) is 1. The molecule has 1 aliphatic heterocycles. The second-order valence-corrected chi connectivity index (χ2v) is 11.4. The molecule has 1 aliphatic rings. The van der Waals surface area contributed by atoms with Gasteiger partial charge in [-0.1, -0.05) is 87.4 Å². The second kappa shape index (κ2) is 17.1. The van der Waals surface area contributed by atoms with Gasteiger partial charge in [0.15, 0.2) is 0 Å². The van der Waals surface area contributed by atoms with Crippen LogP contribution in [0.4, 0.5) is 0 Å². The monoisotopic (exact) mass is 631 g/mol. The summed E-state index contributed by atoms with van der Waals surface area (Å²) in [5.74, 6) is -2.96. The van der Waals surface area contributed by atoms with Crippen LogP contribution in [0.2, 0.25) is 0 Å². The highest BCUT2D eigenvalue weighted by molar-refractivity contribution is 6.37. The molecule has 0 bridgehead atoms. The normalized spacial score (nSPS) is 16.7. The number of ether oxygens (including phenoxy) is 1. The van der Waals surface area contributed by atoms with Crippen LogP contribution in [0.1, 0.15) is 69.5 Å². The molecule has 1 saturated heterocycles. The number of primary amides is 1. The van der Waals surface area contributed by atoms with E-state index in [-0.39, 0.29) is 32.4 Å². The van der Waals surface area contributed by atoms with Gasteiger partial charge in [-0.05, 0) is 48.9 Å². The fraction of sp³-hybridized carbons (Fsp3) is 0.429. The fourth-order valence-electron chi connectivity index (χ4n) is 5.42. The lowest BCUT2D eigenvalue weighted by molar-refractivity contribution is -0.462. The SMILES string of the molecule is C=C=C[C@@]([O-])(CC)CCOc1cccc(CC(=O)N[C@H](C(=O)N2CCC[C@H]2C(=O)NC(CCC)C(=O)C(N)=O)c2ccccc2)c1. The molecule has 2 aromatic carbocycles. The summed E-state index contributed by atoms with van der Waals surface area (Å²) in [7, 11) is 0. The summed E-state index contributed by atoms with van der Waals surface area (Å²) >= 11 is 0. The van der Waals surface area contributed by atoms with Gasteiger partial charge < -0.3 is 31.1 Å². The van der Waals surface area contributed by atoms with Crippen molar-refractivity contribution in [3.8, 4) is 5.75 Å². The molecular formula is C35H43N4O7-. The van der Waals surface area contributed by atoms with E-state index in [0.717, 1.165) is 0 Å². The Morgan fingerprint density at radius 2 is 1.87 bits per heavy atom. The standard InChI is InChI=1S/C35H43N4O7/c1-4-12-27(31(41)32(36)42)37-33(43)28-17-11-20-39(28)34(44)30(25-14-8-7-9-15-25)38-29(40)23-24-13-10-16-26(22-24)46-21-19-35(45,6-3)18-5-2/h7-10,13-16,18,22,27-28,30H,2,4,6,11-12,17,19-21,23H2,1,3H3,(H2,36,42)(H,37,43)(H,38,40)/q-1/t27?,28-,30-,35-/m0/s1. The van der Waals surface area contributed by atoms with E-state index >= 15 is 0 Å². The smallest absolute Gasteiger partial charge is 0.287 e. The van der Waals surface area contributed by atoms with Crippen molar-refractivity contribution in [2.45, 2.75) is 82.5 Å². The van der Waals surface area contributed by atoms with Gasteiger partial charge in [0.25, 0.3) is 5.91 Å². The van der Waals surface area contributed by atoms with Crippen LogP contribution in [0.5, 0.6) is 5.75 Å². The summed E-state index contributed by atoms with van der Waals surface area (Å²) in [5.41, 5.74) is 7.60. The zero-order chi connectivity index (χ0) is 33.7. The van der Waals surface area contributed by atoms with Crippen LogP contribution in [0.25, 0.3) is 0 Å². The van der Waals surface area contributed by atoms with Gasteiger partial charge >= 0.3 is 0 Å². The Bertz CT molecular complexity index is 1440. The van der Waals surface area contributed by atoms with Crippen molar-refractivity contribution in [2.24, 2.45) is 5.73 Å². The lowest BCUT2D eigenvalue weighted by atomic mass is 9.97. The molecule has 4 amide bonds. The van der Waals surface area contributed by atoms with Gasteiger partial charge in [0.1, 0.15) is 17.8 Å². The van der Waals surface area contributed by atoms with Gasteiger partial charge in [-0.3, -0.25) is 24.0 Å². The summed E-state index contributed by atoms with van der Waals surface area (Å²) in [6, 6.07) is 12.7. The molecule has 11 nitrogen and oxygen atoms in total. The maximum atomic E-state index is 14.0. The Morgan fingerprint density at radius 3 is 2.52 bits per heavy atom. The van der Waals surface area contributed by atoms with Crippen molar-refractivity contribution in [1.82, 2.24) is 15.5 Å². The summed E-state index contributed by atoms with van der Waals surface area (Å²) < 4.78 is 5.79. The molecule has 0 aromatic heterocycles. The number of hydrogen-bond donors (Lipinski definition) is 3. The Balaban J connectivity index is 1.72. The van der Waals surface area contributed by atoms with Crippen LogP contribution >= 0.6 is 0 Å². The van der Waals surface area contributed by atoms with Crippen molar-refractivity contribution < 1.29 is 33.8 Å². The summed E-state index contributed by atoms with van der Waals surface area (Å²) in [4.78, 5) is 65.7. The van der Waals surface area contributed by atoms with E-state index in [4.69, 9.17) is 10.5 Å². The number of carbonyl (C=O) groups excluding carboxylic acids is 5. The van der Waals surface area contributed by atoms with Crippen LogP contribution in [0.15, 0.2) is 73.0 Å². The maximum Gasteiger partial charge on any atom is 0.287 e. The number of nitrogens with zero attached hydrogens (tertiary/aromatic N) is 1. The quantitative estimate of drug-likeness (QED) is 0.177. The molecule has 46 heavy (non-hydrogen) atoms. The topological polar surface area (TPSA) is 171 Å². The van der Waals surface area contributed by atoms with Crippen molar-refractivity contribution >= 4 is 29.4 Å². The molecule has 1 heterocycles. The van der Waals surface area contributed by atoms with Crippen LogP contribution in [0, 0.1) is 0 Å². The highest BCUT2D eigenvalue weighted by Gasteiger charge is 2.39. The largest absolute Gasteiger partial charge is 0.846 e. The van der Waals surface area contributed by atoms with E-state index in [0.29, 0.717) is 42.6 Å². The molecule has 0 saturated carbocycles. The predicted molar refractivity (Wildman–Crippen MR) is 170 cm³/mol. The van der Waals surface area contributed by atoms with E-state index in [2.05, 4.69) is 22.9 Å². The van der Waals surface area contributed by atoms with Crippen LogP contribution in [-0.4, -0.2) is 65.1 Å². The number of carbonyl (C=O) groups is 5. The summed E-state index contributed by atoms with van der Waals surface area (Å²) in [6.45, 7) is 7.55. The molecule has 1 fully saturated rings.